The van der Waals surface area contributed by atoms with Crippen LogP contribution in [0, 0.1) is 0 Å². The van der Waals surface area contributed by atoms with E-state index in [1.165, 1.54) is 23.0 Å². The normalized spacial score (nSPS) is 9.00. The molecule has 0 amide bonds. The molecule has 0 aliphatic carbocycles. The summed E-state index contributed by atoms with van der Waals surface area (Å²) >= 11 is 0. The Morgan fingerprint density at radius 2 is 2.50 bits per heavy atom. The molecule has 3 heteroatoms. The minimum atomic E-state index is 0.108. The average Bonchev–Trinajstić information content (AvgIpc) is 2.14. The highest BCUT2D eigenvalue weighted by atomic mass is 16.3. The summed E-state index contributed by atoms with van der Waals surface area (Å²) in [6.07, 6.45) is 3.41. The third kappa shape index (κ3) is 0.703. The zero-order valence-electron chi connectivity index (χ0n) is 4.11. The van der Waals surface area contributed by atoms with Crippen molar-refractivity contribution in [3.05, 3.63) is 18.5 Å². The van der Waals surface area contributed by atoms with E-state index in [0.717, 1.165) is 0 Å². The van der Waals surface area contributed by atoms with Gasteiger partial charge in [0.1, 0.15) is 5.75 Å². The highest BCUT2D eigenvalue weighted by Crippen LogP contribution is 2.04. The number of aromatic nitrogens is 1. The third-order valence-corrected chi connectivity index (χ3v) is 0.820. The fourth-order valence-corrected chi connectivity index (χ4v) is 0.467. The summed E-state index contributed by atoms with van der Waals surface area (Å²) in [5.41, 5.74) is 0. The molecule has 0 atom stereocenters. The monoisotopic (exact) mass is 111 g/mol. The Hall–Kier alpha value is -1.25. The molecule has 0 aliphatic rings. The van der Waals surface area contributed by atoms with Gasteiger partial charge in [0.2, 0.25) is 6.41 Å². The lowest BCUT2D eigenvalue weighted by Crippen LogP contribution is -1.85. The van der Waals surface area contributed by atoms with E-state index in [1.54, 1.807) is 0 Å². The molecule has 3 nitrogen and oxygen atoms in total. The second-order valence-corrected chi connectivity index (χ2v) is 1.42. The van der Waals surface area contributed by atoms with Gasteiger partial charge in [-0.3, -0.25) is 9.36 Å². The van der Waals surface area contributed by atoms with Crippen LogP contribution in [0.4, 0.5) is 0 Å². The van der Waals surface area contributed by atoms with Crippen LogP contribution in [0.15, 0.2) is 18.5 Å². The molecule has 1 aromatic heterocycles. The zero-order chi connectivity index (χ0) is 5.98. The van der Waals surface area contributed by atoms with Gasteiger partial charge in [-0.15, -0.1) is 0 Å². The van der Waals surface area contributed by atoms with Crippen molar-refractivity contribution in [3.63, 3.8) is 0 Å². The molecule has 0 aliphatic heterocycles. The molecule has 0 radical (unpaired) electrons. The van der Waals surface area contributed by atoms with Crippen LogP contribution in [-0.2, 0) is 4.79 Å². The molecule has 0 saturated carbocycles. The summed E-state index contributed by atoms with van der Waals surface area (Å²) < 4.78 is 1.23. The number of carbonyl (C=O) groups excluding carboxylic acids is 1. The fourth-order valence-electron chi connectivity index (χ4n) is 0.467. The number of nitrogens with zero attached hydrogens (tertiary/aromatic N) is 1. The first-order valence-electron chi connectivity index (χ1n) is 2.14. The Bertz CT molecular complexity index is 192. The SMILES string of the molecule is O=Cn1ccc(O)c1. The summed E-state index contributed by atoms with van der Waals surface area (Å²) in [6, 6.07) is 1.44. The van der Waals surface area contributed by atoms with Gasteiger partial charge in [-0.1, -0.05) is 0 Å². The molecule has 0 unspecified atom stereocenters. The van der Waals surface area contributed by atoms with E-state index in [0.29, 0.717) is 6.41 Å². The molecule has 1 heterocycles. The Balaban J connectivity index is 3.00. The van der Waals surface area contributed by atoms with Crippen LogP contribution in [0.2, 0.25) is 0 Å². The maximum atomic E-state index is 9.87. The van der Waals surface area contributed by atoms with E-state index in [4.69, 9.17) is 5.11 Å². The van der Waals surface area contributed by atoms with E-state index in [-0.39, 0.29) is 5.75 Å². The second-order valence-electron chi connectivity index (χ2n) is 1.42. The molecule has 1 rings (SSSR count). The largest absolute Gasteiger partial charge is 0.506 e. The quantitative estimate of drug-likeness (QED) is 0.527. The van der Waals surface area contributed by atoms with Crippen LogP contribution in [0.25, 0.3) is 0 Å². The van der Waals surface area contributed by atoms with Gasteiger partial charge in [-0.05, 0) is 6.07 Å². The average molecular weight is 111 g/mol. The summed E-state index contributed by atoms with van der Waals surface area (Å²) in [4.78, 5) is 9.87. The molecule has 0 spiro atoms. The van der Waals surface area contributed by atoms with Gasteiger partial charge in [0.05, 0.1) is 6.20 Å². The van der Waals surface area contributed by atoms with Crippen molar-refractivity contribution in [3.8, 4) is 5.75 Å². The van der Waals surface area contributed by atoms with E-state index in [1.807, 2.05) is 0 Å². The van der Waals surface area contributed by atoms with Crippen molar-refractivity contribution in [2.75, 3.05) is 0 Å². The van der Waals surface area contributed by atoms with Crippen LogP contribution in [0.5, 0.6) is 5.75 Å². The van der Waals surface area contributed by atoms with Crippen LogP contribution in [-0.4, -0.2) is 16.1 Å². The lowest BCUT2D eigenvalue weighted by atomic mass is 10.6. The summed E-state index contributed by atoms with van der Waals surface area (Å²) in [5, 5.41) is 8.60. The highest BCUT2D eigenvalue weighted by Gasteiger charge is 1.87. The number of hydrogen-bond donors (Lipinski definition) is 1. The van der Waals surface area contributed by atoms with Crippen molar-refractivity contribution in [2.45, 2.75) is 0 Å². The number of carbonyl (C=O) groups is 1. The van der Waals surface area contributed by atoms with Crippen molar-refractivity contribution in [1.82, 2.24) is 4.57 Å². The van der Waals surface area contributed by atoms with Crippen LogP contribution < -0.4 is 0 Å². The Labute approximate surface area is 46.2 Å². The van der Waals surface area contributed by atoms with E-state index < -0.39 is 0 Å². The highest BCUT2D eigenvalue weighted by molar-refractivity contribution is 5.53. The molecule has 1 N–H and O–H groups in total. The van der Waals surface area contributed by atoms with Gasteiger partial charge >= 0.3 is 0 Å². The van der Waals surface area contributed by atoms with E-state index in [9.17, 15) is 4.79 Å². The van der Waals surface area contributed by atoms with Gasteiger partial charge in [-0.2, -0.15) is 0 Å². The molecule has 0 saturated heterocycles. The zero-order valence-corrected chi connectivity index (χ0v) is 4.11. The van der Waals surface area contributed by atoms with Gasteiger partial charge in [0.15, 0.2) is 0 Å². The van der Waals surface area contributed by atoms with Crippen molar-refractivity contribution in [2.24, 2.45) is 0 Å². The standard InChI is InChI=1S/C5H5NO2/c7-4-6-2-1-5(8)3-6/h1-4,8H. The van der Waals surface area contributed by atoms with Gasteiger partial charge in [0, 0.05) is 6.20 Å². The Morgan fingerprint density at radius 1 is 1.75 bits per heavy atom. The third-order valence-electron chi connectivity index (χ3n) is 0.820. The lowest BCUT2D eigenvalue weighted by molar-refractivity contribution is 0.475. The van der Waals surface area contributed by atoms with Crippen molar-refractivity contribution < 1.29 is 9.90 Å². The molecular weight excluding hydrogens is 106 g/mol. The summed E-state index contributed by atoms with van der Waals surface area (Å²) in [7, 11) is 0. The van der Waals surface area contributed by atoms with Crippen molar-refractivity contribution in [1.29, 1.82) is 0 Å². The predicted octanol–water partition coefficient (Wildman–Crippen LogP) is 0.232. The van der Waals surface area contributed by atoms with Gasteiger partial charge < -0.3 is 5.11 Å². The van der Waals surface area contributed by atoms with Crippen molar-refractivity contribution >= 4 is 6.41 Å². The summed E-state index contributed by atoms with van der Waals surface area (Å²) in [6.45, 7) is 0. The van der Waals surface area contributed by atoms with Crippen LogP contribution in [0.1, 0.15) is 0 Å². The lowest BCUT2D eigenvalue weighted by Gasteiger charge is -1.79. The first-order valence-corrected chi connectivity index (χ1v) is 2.14. The second kappa shape index (κ2) is 1.69. The molecule has 0 aromatic carbocycles. The maximum Gasteiger partial charge on any atom is 0.217 e. The molecule has 1 aromatic rings. The van der Waals surface area contributed by atoms with Crippen LogP contribution >= 0.6 is 0 Å². The van der Waals surface area contributed by atoms with E-state index in [2.05, 4.69) is 0 Å². The predicted molar refractivity (Wildman–Crippen MR) is 28.2 cm³/mol. The van der Waals surface area contributed by atoms with E-state index >= 15 is 0 Å². The molecule has 8 heavy (non-hydrogen) atoms. The molecular formula is C5H5NO2. The first kappa shape index (κ1) is 4.90. The minimum Gasteiger partial charge on any atom is -0.506 e. The number of hydrogen-bond acceptors (Lipinski definition) is 2. The Kier molecular flexibility index (Phi) is 1.04. The summed E-state index contributed by atoms with van der Waals surface area (Å²) in [5.74, 6) is 0.108. The van der Waals surface area contributed by atoms with Gasteiger partial charge in [0.25, 0.3) is 0 Å². The maximum absolute atomic E-state index is 9.87. The van der Waals surface area contributed by atoms with Crippen LogP contribution in [0.3, 0.4) is 0 Å². The number of rotatable bonds is 1. The smallest absolute Gasteiger partial charge is 0.217 e. The number of aromatic hydroxyl groups is 1. The molecule has 0 bridgehead atoms. The molecule has 0 fully saturated rings. The molecule has 42 valence electrons. The Morgan fingerprint density at radius 3 is 2.75 bits per heavy atom. The first-order chi connectivity index (χ1) is 3.83. The fraction of sp³-hybridized carbons (Fsp3) is 0. The minimum absolute atomic E-state index is 0.108. The topological polar surface area (TPSA) is 42.2 Å². The van der Waals surface area contributed by atoms with Gasteiger partial charge in [-0.25, -0.2) is 0 Å².